The monoisotopic (exact) mass is 335 g/mol. The zero-order chi connectivity index (χ0) is 15.5. The lowest BCUT2D eigenvalue weighted by Crippen LogP contribution is -2.16. The largest absolute Gasteiger partial charge is 0.382 e. The minimum atomic E-state index is -4.50. The molecule has 2 rings (SSSR count). The number of hydrogen-bond acceptors (Lipinski definition) is 4. The molecule has 0 spiro atoms. The summed E-state index contributed by atoms with van der Waals surface area (Å²) < 4.78 is 47.5. The quantitative estimate of drug-likeness (QED) is 0.859. The molecule has 0 aliphatic heterocycles. The standard InChI is InChI=1S/C14H19F2NO2S2/c1-2-20-12-6-3-11(9-12)17-10-4-7-13(8-5-10)21(18,19)14(15)16/h4-5,7-8,11-12,14,17H,2-3,6,9H2,1H3. The molecular weight excluding hydrogens is 316 g/mol. The molecule has 2 unspecified atom stereocenters. The van der Waals surface area contributed by atoms with Gasteiger partial charge in [0.15, 0.2) is 0 Å². The third-order valence-electron chi connectivity index (χ3n) is 3.58. The fourth-order valence-electron chi connectivity index (χ4n) is 2.54. The Kier molecular flexibility index (Phi) is 5.48. The maximum Gasteiger partial charge on any atom is 0.341 e. The van der Waals surface area contributed by atoms with Crippen LogP contribution in [0.1, 0.15) is 26.2 Å². The third-order valence-corrected chi connectivity index (χ3v) is 6.21. The van der Waals surface area contributed by atoms with Gasteiger partial charge in [0, 0.05) is 17.0 Å². The van der Waals surface area contributed by atoms with Gasteiger partial charge < -0.3 is 5.32 Å². The normalized spacial score (nSPS) is 22.7. The van der Waals surface area contributed by atoms with Crippen LogP contribution in [0, 0.1) is 0 Å². The van der Waals surface area contributed by atoms with Crippen molar-refractivity contribution < 1.29 is 17.2 Å². The number of alkyl halides is 2. The zero-order valence-electron chi connectivity index (χ0n) is 11.8. The predicted molar refractivity (Wildman–Crippen MR) is 82.8 cm³/mol. The number of hydrogen-bond donors (Lipinski definition) is 1. The van der Waals surface area contributed by atoms with Gasteiger partial charge in [-0.05, 0) is 49.3 Å². The highest BCUT2D eigenvalue weighted by Crippen LogP contribution is 2.31. The van der Waals surface area contributed by atoms with Gasteiger partial charge in [0.2, 0.25) is 9.84 Å². The Hall–Kier alpha value is -0.820. The molecule has 0 radical (unpaired) electrons. The summed E-state index contributed by atoms with van der Waals surface area (Å²) in [4.78, 5) is -0.339. The Labute approximate surface area is 128 Å². The minimum absolute atomic E-state index is 0.339. The van der Waals surface area contributed by atoms with Crippen molar-refractivity contribution in [2.75, 3.05) is 11.1 Å². The maximum atomic E-state index is 12.4. The van der Waals surface area contributed by atoms with Crippen LogP contribution in [0.3, 0.4) is 0 Å². The minimum Gasteiger partial charge on any atom is -0.382 e. The molecular formula is C14H19F2NO2S2. The fourth-order valence-corrected chi connectivity index (χ4v) is 4.40. The van der Waals surface area contributed by atoms with Gasteiger partial charge in [-0.3, -0.25) is 0 Å². The van der Waals surface area contributed by atoms with Gasteiger partial charge in [-0.25, -0.2) is 8.42 Å². The number of rotatable bonds is 6. The first-order chi connectivity index (χ1) is 9.93. The van der Waals surface area contributed by atoms with Gasteiger partial charge in [-0.1, -0.05) is 6.92 Å². The molecule has 0 heterocycles. The molecule has 2 atom stereocenters. The van der Waals surface area contributed by atoms with E-state index < -0.39 is 15.6 Å². The summed E-state index contributed by atoms with van der Waals surface area (Å²) in [7, 11) is -4.50. The van der Waals surface area contributed by atoms with E-state index in [0.29, 0.717) is 11.3 Å². The van der Waals surface area contributed by atoms with Crippen molar-refractivity contribution in [3.05, 3.63) is 24.3 Å². The molecule has 1 aliphatic rings. The van der Waals surface area contributed by atoms with Crippen LogP contribution in [0.2, 0.25) is 0 Å². The average Bonchev–Trinajstić information content (AvgIpc) is 2.87. The summed E-state index contributed by atoms with van der Waals surface area (Å²) in [6.07, 6.45) is 3.33. The van der Waals surface area contributed by atoms with Gasteiger partial charge in [-0.15, -0.1) is 0 Å². The van der Waals surface area contributed by atoms with E-state index in [1.165, 1.54) is 18.6 Å². The molecule has 0 amide bonds. The molecule has 0 bridgehead atoms. The second-order valence-corrected chi connectivity index (χ2v) is 8.56. The zero-order valence-corrected chi connectivity index (χ0v) is 13.4. The molecule has 1 aromatic carbocycles. The van der Waals surface area contributed by atoms with Crippen molar-refractivity contribution >= 4 is 27.3 Å². The number of nitrogens with one attached hydrogen (secondary N) is 1. The maximum absolute atomic E-state index is 12.4. The van der Waals surface area contributed by atoms with Crippen molar-refractivity contribution in [2.24, 2.45) is 0 Å². The van der Waals surface area contributed by atoms with Crippen molar-refractivity contribution in [3.8, 4) is 0 Å². The van der Waals surface area contributed by atoms with E-state index in [2.05, 4.69) is 12.2 Å². The Balaban J connectivity index is 1.98. The molecule has 3 nitrogen and oxygen atoms in total. The molecule has 1 fully saturated rings. The second-order valence-electron chi connectivity index (χ2n) is 5.06. The summed E-state index contributed by atoms with van der Waals surface area (Å²) in [5, 5.41) is 4.01. The van der Waals surface area contributed by atoms with Crippen LogP contribution in [0.4, 0.5) is 14.5 Å². The number of thioether (sulfide) groups is 1. The van der Waals surface area contributed by atoms with Crippen LogP contribution in [-0.4, -0.2) is 31.2 Å². The fraction of sp³-hybridized carbons (Fsp3) is 0.571. The summed E-state index contributed by atoms with van der Waals surface area (Å²) in [6, 6.07) is 5.94. The topological polar surface area (TPSA) is 46.2 Å². The number of anilines is 1. The van der Waals surface area contributed by atoms with Gasteiger partial charge in [0.25, 0.3) is 0 Å². The van der Waals surface area contributed by atoms with Crippen LogP contribution in [0.15, 0.2) is 29.2 Å². The Morgan fingerprint density at radius 1 is 1.29 bits per heavy atom. The Morgan fingerprint density at radius 3 is 2.52 bits per heavy atom. The summed E-state index contributed by atoms with van der Waals surface area (Å²) >= 11 is 1.96. The van der Waals surface area contributed by atoms with E-state index in [1.807, 2.05) is 11.8 Å². The highest BCUT2D eigenvalue weighted by Gasteiger charge is 2.27. The smallest absolute Gasteiger partial charge is 0.341 e. The molecule has 1 aliphatic carbocycles. The van der Waals surface area contributed by atoms with Gasteiger partial charge in [0.1, 0.15) is 0 Å². The van der Waals surface area contributed by atoms with Crippen LogP contribution >= 0.6 is 11.8 Å². The first-order valence-electron chi connectivity index (χ1n) is 6.93. The lowest BCUT2D eigenvalue weighted by molar-refractivity contribution is 0.234. The highest BCUT2D eigenvalue weighted by molar-refractivity contribution is 7.99. The summed E-state index contributed by atoms with van der Waals surface area (Å²) in [6.45, 7) is 2.15. The molecule has 0 saturated heterocycles. The molecule has 1 aromatic rings. The summed E-state index contributed by atoms with van der Waals surface area (Å²) in [5.41, 5.74) is 0.773. The molecule has 7 heteroatoms. The van der Waals surface area contributed by atoms with Crippen molar-refractivity contribution in [1.82, 2.24) is 0 Å². The second kappa shape index (κ2) is 6.96. The van der Waals surface area contributed by atoms with Gasteiger partial charge in [-0.2, -0.15) is 20.5 Å². The van der Waals surface area contributed by atoms with E-state index in [-0.39, 0.29) is 4.90 Å². The van der Waals surface area contributed by atoms with E-state index in [9.17, 15) is 17.2 Å². The average molecular weight is 335 g/mol. The molecule has 1 N–H and O–H groups in total. The lowest BCUT2D eigenvalue weighted by Gasteiger charge is -2.15. The SMILES string of the molecule is CCSC1CCC(Nc2ccc(S(=O)(=O)C(F)F)cc2)C1. The summed E-state index contributed by atoms with van der Waals surface area (Å²) in [5.74, 6) is -2.27. The van der Waals surface area contributed by atoms with E-state index >= 15 is 0 Å². The predicted octanol–water partition coefficient (Wildman–Crippen LogP) is 3.77. The van der Waals surface area contributed by atoms with Crippen LogP contribution in [-0.2, 0) is 9.84 Å². The van der Waals surface area contributed by atoms with Crippen LogP contribution < -0.4 is 5.32 Å². The van der Waals surface area contributed by atoms with E-state index in [0.717, 1.165) is 24.3 Å². The van der Waals surface area contributed by atoms with Gasteiger partial charge >= 0.3 is 5.76 Å². The molecule has 118 valence electrons. The third kappa shape index (κ3) is 4.10. The first-order valence-corrected chi connectivity index (χ1v) is 9.53. The molecule has 0 aromatic heterocycles. The molecule has 21 heavy (non-hydrogen) atoms. The van der Waals surface area contributed by atoms with Crippen LogP contribution in [0.5, 0.6) is 0 Å². The lowest BCUT2D eigenvalue weighted by atomic mass is 10.2. The van der Waals surface area contributed by atoms with E-state index in [4.69, 9.17) is 0 Å². The van der Waals surface area contributed by atoms with Crippen molar-refractivity contribution in [1.29, 1.82) is 0 Å². The molecule has 1 saturated carbocycles. The van der Waals surface area contributed by atoms with Crippen molar-refractivity contribution in [3.63, 3.8) is 0 Å². The Bertz CT molecular complexity index is 561. The van der Waals surface area contributed by atoms with Gasteiger partial charge in [0.05, 0.1) is 4.90 Å². The number of benzene rings is 1. The number of halogens is 2. The van der Waals surface area contributed by atoms with Crippen molar-refractivity contribution in [2.45, 2.75) is 48.1 Å². The number of sulfone groups is 1. The first kappa shape index (κ1) is 16.5. The highest BCUT2D eigenvalue weighted by atomic mass is 32.2. The Morgan fingerprint density at radius 2 is 1.95 bits per heavy atom. The van der Waals surface area contributed by atoms with Crippen LogP contribution in [0.25, 0.3) is 0 Å². The van der Waals surface area contributed by atoms with E-state index in [1.54, 1.807) is 12.1 Å².